The first-order valence-electron chi connectivity index (χ1n) is 8.48. The third-order valence-electron chi connectivity index (χ3n) is 4.38. The Morgan fingerprint density at radius 1 is 1.29 bits per heavy atom. The Morgan fingerprint density at radius 3 is 2.62 bits per heavy atom. The largest absolute Gasteiger partial charge is 0.356 e. The van der Waals surface area contributed by atoms with Crippen LogP contribution < -0.4 is 10.2 Å². The summed E-state index contributed by atoms with van der Waals surface area (Å²) in [6.07, 6.45) is 2.59. The van der Waals surface area contributed by atoms with Gasteiger partial charge in [-0.3, -0.25) is 0 Å². The van der Waals surface area contributed by atoms with Gasteiger partial charge >= 0.3 is 0 Å². The minimum atomic E-state index is 0.479. The number of hydrogen-bond donors (Lipinski definition) is 1. The molecule has 1 saturated heterocycles. The highest BCUT2D eigenvalue weighted by molar-refractivity contribution is 5.44. The summed E-state index contributed by atoms with van der Waals surface area (Å²) in [5, 5.41) is 3.52. The number of pyridine rings is 1. The van der Waals surface area contributed by atoms with Gasteiger partial charge in [0, 0.05) is 31.4 Å². The van der Waals surface area contributed by atoms with Crippen LogP contribution in [0.4, 0.5) is 5.82 Å². The van der Waals surface area contributed by atoms with E-state index >= 15 is 0 Å². The van der Waals surface area contributed by atoms with Gasteiger partial charge in [0.25, 0.3) is 0 Å². The van der Waals surface area contributed by atoms with Crippen LogP contribution in [0.2, 0.25) is 0 Å². The highest BCUT2D eigenvalue weighted by Gasteiger charge is 2.22. The van der Waals surface area contributed by atoms with Gasteiger partial charge in [-0.1, -0.05) is 41.0 Å². The van der Waals surface area contributed by atoms with Crippen molar-refractivity contribution in [3.05, 3.63) is 23.4 Å². The lowest BCUT2D eigenvalue weighted by Gasteiger charge is -2.21. The maximum Gasteiger partial charge on any atom is 0.129 e. The Balaban J connectivity index is 2.19. The van der Waals surface area contributed by atoms with Crippen molar-refractivity contribution in [2.45, 2.75) is 66.0 Å². The van der Waals surface area contributed by atoms with E-state index in [1.165, 1.54) is 36.5 Å². The van der Waals surface area contributed by atoms with Gasteiger partial charge in [0.2, 0.25) is 0 Å². The summed E-state index contributed by atoms with van der Waals surface area (Å²) in [5.74, 6) is 2.50. The molecule has 0 amide bonds. The van der Waals surface area contributed by atoms with E-state index in [0.29, 0.717) is 12.0 Å². The number of aromatic nitrogens is 1. The van der Waals surface area contributed by atoms with E-state index in [2.05, 4.69) is 57.0 Å². The fourth-order valence-corrected chi connectivity index (χ4v) is 2.85. The van der Waals surface area contributed by atoms with Crippen molar-refractivity contribution in [3.63, 3.8) is 0 Å². The minimum Gasteiger partial charge on any atom is -0.356 e. The first-order chi connectivity index (χ1) is 9.99. The minimum absolute atomic E-state index is 0.479. The molecule has 0 aliphatic carbocycles. The van der Waals surface area contributed by atoms with E-state index in [9.17, 15) is 0 Å². The lowest BCUT2D eigenvalue weighted by Crippen LogP contribution is -2.24. The normalized spacial score (nSPS) is 19.0. The van der Waals surface area contributed by atoms with Gasteiger partial charge in [-0.15, -0.1) is 0 Å². The number of nitrogens with one attached hydrogen (secondary N) is 1. The van der Waals surface area contributed by atoms with Crippen LogP contribution in [0.3, 0.4) is 0 Å². The van der Waals surface area contributed by atoms with Gasteiger partial charge in [-0.05, 0) is 36.0 Å². The lowest BCUT2D eigenvalue weighted by atomic mass is 10.1. The topological polar surface area (TPSA) is 28.2 Å². The molecule has 1 atom stereocenters. The van der Waals surface area contributed by atoms with E-state index in [0.717, 1.165) is 19.0 Å². The molecule has 1 fully saturated rings. The van der Waals surface area contributed by atoms with Crippen molar-refractivity contribution in [1.29, 1.82) is 0 Å². The van der Waals surface area contributed by atoms with Crippen LogP contribution in [-0.4, -0.2) is 24.1 Å². The molecule has 1 aliphatic heterocycles. The van der Waals surface area contributed by atoms with Crippen LogP contribution in [0.25, 0.3) is 0 Å². The van der Waals surface area contributed by atoms with E-state index in [1.807, 2.05) is 0 Å². The molecule has 0 saturated carbocycles. The van der Waals surface area contributed by atoms with Crippen LogP contribution >= 0.6 is 0 Å². The molecule has 1 N–H and O–H groups in total. The number of rotatable bonds is 6. The van der Waals surface area contributed by atoms with Crippen LogP contribution in [0.15, 0.2) is 12.1 Å². The van der Waals surface area contributed by atoms with Crippen molar-refractivity contribution in [2.75, 3.05) is 18.0 Å². The van der Waals surface area contributed by atoms with Gasteiger partial charge in [-0.2, -0.15) is 0 Å². The average molecular weight is 289 g/mol. The zero-order valence-corrected chi connectivity index (χ0v) is 14.3. The molecular weight excluding hydrogens is 258 g/mol. The zero-order valence-electron chi connectivity index (χ0n) is 14.3. The van der Waals surface area contributed by atoms with Gasteiger partial charge in [0.1, 0.15) is 5.82 Å². The number of hydrogen-bond acceptors (Lipinski definition) is 3. The fraction of sp³-hybridized carbons (Fsp3) is 0.722. The maximum atomic E-state index is 4.91. The second-order valence-electron chi connectivity index (χ2n) is 6.96. The molecule has 0 bridgehead atoms. The van der Waals surface area contributed by atoms with E-state index in [-0.39, 0.29) is 0 Å². The Kier molecular flexibility index (Phi) is 5.63. The summed E-state index contributed by atoms with van der Waals surface area (Å²) >= 11 is 0. The standard InChI is InChI=1S/C18H31N3/c1-6-15-7-8-21(12-15)18-10-16(11-19-14(4)5)9-17(20-18)13(2)3/h9-10,13-15,19H,6-8,11-12H2,1-5H3. The molecule has 2 rings (SSSR count). The Hall–Kier alpha value is -1.09. The summed E-state index contributed by atoms with van der Waals surface area (Å²) in [6.45, 7) is 14.4. The van der Waals surface area contributed by atoms with Crippen molar-refractivity contribution >= 4 is 5.82 Å². The highest BCUT2D eigenvalue weighted by atomic mass is 15.2. The van der Waals surface area contributed by atoms with Crippen molar-refractivity contribution in [3.8, 4) is 0 Å². The summed E-state index contributed by atoms with van der Waals surface area (Å²) in [5.41, 5.74) is 2.57. The second-order valence-corrected chi connectivity index (χ2v) is 6.96. The summed E-state index contributed by atoms with van der Waals surface area (Å²) in [4.78, 5) is 7.38. The van der Waals surface area contributed by atoms with Crippen LogP contribution in [0.5, 0.6) is 0 Å². The molecule has 3 heteroatoms. The summed E-state index contributed by atoms with van der Waals surface area (Å²) in [6, 6.07) is 5.05. The number of anilines is 1. The lowest BCUT2D eigenvalue weighted by molar-refractivity contribution is 0.568. The Labute approximate surface area is 130 Å². The Bertz CT molecular complexity index is 454. The molecule has 3 nitrogen and oxygen atoms in total. The molecular formula is C18H31N3. The molecule has 21 heavy (non-hydrogen) atoms. The smallest absolute Gasteiger partial charge is 0.129 e. The predicted octanol–water partition coefficient (Wildman–Crippen LogP) is 3.94. The summed E-state index contributed by atoms with van der Waals surface area (Å²) < 4.78 is 0. The quantitative estimate of drug-likeness (QED) is 0.860. The molecule has 118 valence electrons. The Morgan fingerprint density at radius 2 is 2.05 bits per heavy atom. The SMILES string of the molecule is CCC1CCN(c2cc(CNC(C)C)cc(C(C)C)n2)C1. The van der Waals surface area contributed by atoms with Crippen molar-refractivity contribution < 1.29 is 0 Å². The van der Waals surface area contributed by atoms with Gasteiger partial charge < -0.3 is 10.2 Å². The molecule has 0 aromatic carbocycles. The third-order valence-corrected chi connectivity index (χ3v) is 4.38. The van der Waals surface area contributed by atoms with Crippen LogP contribution in [0, 0.1) is 5.92 Å². The zero-order chi connectivity index (χ0) is 15.4. The monoisotopic (exact) mass is 289 g/mol. The van der Waals surface area contributed by atoms with Gasteiger partial charge in [0.05, 0.1) is 0 Å². The van der Waals surface area contributed by atoms with E-state index in [4.69, 9.17) is 4.98 Å². The van der Waals surface area contributed by atoms with Gasteiger partial charge in [0.15, 0.2) is 0 Å². The van der Waals surface area contributed by atoms with E-state index < -0.39 is 0 Å². The molecule has 0 radical (unpaired) electrons. The number of nitrogens with zero attached hydrogens (tertiary/aromatic N) is 2. The van der Waals surface area contributed by atoms with Crippen LogP contribution in [0.1, 0.15) is 64.6 Å². The first-order valence-corrected chi connectivity index (χ1v) is 8.48. The molecule has 2 heterocycles. The predicted molar refractivity (Wildman–Crippen MR) is 90.9 cm³/mol. The average Bonchev–Trinajstić information content (AvgIpc) is 2.93. The maximum absolute atomic E-state index is 4.91. The van der Waals surface area contributed by atoms with Gasteiger partial charge in [-0.25, -0.2) is 4.98 Å². The third kappa shape index (κ3) is 4.44. The fourth-order valence-electron chi connectivity index (χ4n) is 2.85. The molecule has 0 spiro atoms. The molecule has 1 aliphatic rings. The molecule has 1 unspecified atom stereocenters. The van der Waals surface area contributed by atoms with Crippen molar-refractivity contribution in [1.82, 2.24) is 10.3 Å². The second kappa shape index (κ2) is 7.26. The first kappa shape index (κ1) is 16.3. The molecule has 1 aromatic rings. The van der Waals surface area contributed by atoms with Crippen molar-refractivity contribution in [2.24, 2.45) is 5.92 Å². The molecule has 1 aromatic heterocycles. The highest BCUT2D eigenvalue weighted by Crippen LogP contribution is 2.26. The summed E-state index contributed by atoms with van der Waals surface area (Å²) in [7, 11) is 0. The van der Waals surface area contributed by atoms with E-state index in [1.54, 1.807) is 0 Å². The van der Waals surface area contributed by atoms with Crippen LogP contribution in [-0.2, 0) is 6.54 Å².